The molecule has 25 heavy (non-hydrogen) atoms. The van der Waals surface area contributed by atoms with E-state index in [1.807, 2.05) is 0 Å². The van der Waals surface area contributed by atoms with Crippen molar-refractivity contribution in [2.24, 2.45) is 7.05 Å². The van der Waals surface area contributed by atoms with Crippen LogP contribution in [0, 0.1) is 5.82 Å². The maximum atomic E-state index is 13.2. The summed E-state index contributed by atoms with van der Waals surface area (Å²) in [6.45, 7) is 0.193. The molecule has 2 heterocycles. The van der Waals surface area contributed by atoms with Gasteiger partial charge in [-0.15, -0.1) is 0 Å². The highest BCUT2D eigenvalue weighted by molar-refractivity contribution is 5.94. The monoisotopic (exact) mass is 337 g/mol. The number of pyridine rings is 2. The summed E-state index contributed by atoms with van der Waals surface area (Å²) in [6, 6.07) is 12.8. The van der Waals surface area contributed by atoms with Gasteiger partial charge in [0.05, 0.1) is 16.8 Å². The average molecular weight is 337 g/mol. The second kappa shape index (κ2) is 7.09. The molecule has 1 aromatic carbocycles. The molecule has 0 aliphatic rings. The van der Waals surface area contributed by atoms with Crippen LogP contribution in [-0.4, -0.2) is 15.5 Å². The van der Waals surface area contributed by atoms with Crippen molar-refractivity contribution in [1.82, 2.24) is 14.9 Å². The van der Waals surface area contributed by atoms with Crippen LogP contribution in [0.1, 0.15) is 15.9 Å². The second-order valence-electron chi connectivity index (χ2n) is 5.59. The van der Waals surface area contributed by atoms with E-state index >= 15 is 0 Å². The van der Waals surface area contributed by atoms with E-state index < -0.39 is 0 Å². The third-order valence-electron chi connectivity index (χ3n) is 3.73. The van der Waals surface area contributed by atoms with Crippen LogP contribution in [-0.2, 0) is 13.6 Å². The summed E-state index contributed by atoms with van der Waals surface area (Å²) in [5.41, 5.74) is 1.60. The standard InChI is InChI=1S/C19H16FN3O2/c1-23-12-14(10-16(19(23)25)17-7-2-3-8-21-17)18(24)22-11-13-5-4-6-15(20)9-13/h2-10,12H,11H2,1H3,(H,22,24). The zero-order valence-electron chi connectivity index (χ0n) is 13.6. The minimum Gasteiger partial charge on any atom is -0.348 e. The summed E-state index contributed by atoms with van der Waals surface area (Å²) in [6.07, 6.45) is 3.06. The van der Waals surface area contributed by atoms with E-state index in [-0.39, 0.29) is 23.8 Å². The molecule has 0 atom stereocenters. The Morgan fingerprint density at radius 3 is 2.76 bits per heavy atom. The predicted octanol–water partition coefficient (Wildman–Crippen LogP) is 2.52. The topological polar surface area (TPSA) is 64.0 Å². The fourth-order valence-corrected chi connectivity index (χ4v) is 2.47. The number of aryl methyl sites for hydroxylation is 1. The van der Waals surface area contributed by atoms with Gasteiger partial charge < -0.3 is 9.88 Å². The highest BCUT2D eigenvalue weighted by Crippen LogP contribution is 2.13. The molecular weight excluding hydrogens is 321 g/mol. The Kier molecular flexibility index (Phi) is 4.70. The Hall–Kier alpha value is -3.28. The Balaban J connectivity index is 1.86. The minimum absolute atomic E-state index is 0.193. The second-order valence-corrected chi connectivity index (χ2v) is 5.59. The molecule has 0 unspecified atom stereocenters. The van der Waals surface area contributed by atoms with Crippen molar-refractivity contribution in [3.8, 4) is 11.3 Å². The van der Waals surface area contributed by atoms with Gasteiger partial charge in [0.15, 0.2) is 0 Å². The molecule has 1 amide bonds. The normalized spacial score (nSPS) is 10.5. The molecule has 2 aromatic heterocycles. The van der Waals surface area contributed by atoms with Gasteiger partial charge in [0.25, 0.3) is 11.5 Å². The van der Waals surface area contributed by atoms with Crippen LogP contribution in [0.5, 0.6) is 0 Å². The fourth-order valence-electron chi connectivity index (χ4n) is 2.47. The molecule has 0 fully saturated rings. The predicted molar refractivity (Wildman–Crippen MR) is 92.5 cm³/mol. The van der Waals surface area contributed by atoms with Gasteiger partial charge in [-0.3, -0.25) is 14.6 Å². The molecule has 126 valence electrons. The molecule has 0 radical (unpaired) electrons. The first kappa shape index (κ1) is 16.6. The fraction of sp³-hybridized carbons (Fsp3) is 0.105. The van der Waals surface area contributed by atoms with Crippen molar-refractivity contribution in [2.45, 2.75) is 6.54 Å². The first-order valence-electron chi connectivity index (χ1n) is 7.69. The molecule has 0 spiro atoms. The summed E-state index contributed by atoms with van der Waals surface area (Å²) in [5.74, 6) is -0.705. The number of aromatic nitrogens is 2. The molecule has 5 nitrogen and oxygen atoms in total. The number of amides is 1. The lowest BCUT2D eigenvalue weighted by molar-refractivity contribution is 0.0950. The molecule has 0 bridgehead atoms. The van der Waals surface area contributed by atoms with Crippen molar-refractivity contribution < 1.29 is 9.18 Å². The van der Waals surface area contributed by atoms with Crippen LogP contribution in [0.25, 0.3) is 11.3 Å². The first-order valence-corrected chi connectivity index (χ1v) is 7.69. The van der Waals surface area contributed by atoms with Crippen molar-refractivity contribution in [2.75, 3.05) is 0 Å². The zero-order chi connectivity index (χ0) is 17.8. The third-order valence-corrected chi connectivity index (χ3v) is 3.73. The summed E-state index contributed by atoms with van der Waals surface area (Å²) >= 11 is 0. The molecule has 6 heteroatoms. The number of nitrogens with one attached hydrogen (secondary N) is 1. The largest absolute Gasteiger partial charge is 0.348 e. The van der Waals surface area contributed by atoms with Gasteiger partial charge >= 0.3 is 0 Å². The average Bonchev–Trinajstić information content (AvgIpc) is 2.62. The van der Waals surface area contributed by atoms with Crippen LogP contribution in [0.15, 0.2) is 65.7 Å². The van der Waals surface area contributed by atoms with E-state index in [9.17, 15) is 14.0 Å². The maximum absolute atomic E-state index is 13.2. The highest BCUT2D eigenvalue weighted by Gasteiger charge is 2.13. The Morgan fingerprint density at radius 2 is 2.04 bits per heavy atom. The Morgan fingerprint density at radius 1 is 1.20 bits per heavy atom. The Bertz CT molecular complexity index is 968. The van der Waals surface area contributed by atoms with E-state index in [0.717, 1.165) is 0 Å². The highest BCUT2D eigenvalue weighted by atomic mass is 19.1. The SMILES string of the molecule is Cn1cc(C(=O)NCc2cccc(F)c2)cc(-c2ccccn2)c1=O. The van der Waals surface area contributed by atoms with Gasteiger partial charge in [0.1, 0.15) is 5.82 Å². The van der Waals surface area contributed by atoms with Crippen molar-refractivity contribution in [3.63, 3.8) is 0 Å². The summed E-state index contributed by atoms with van der Waals surface area (Å²) in [5, 5.41) is 2.73. The summed E-state index contributed by atoms with van der Waals surface area (Å²) in [7, 11) is 1.58. The number of carbonyl (C=O) groups excluding carboxylic acids is 1. The molecule has 3 rings (SSSR count). The van der Waals surface area contributed by atoms with E-state index in [4.69, 9.17) is 0 Å². The van der Waals surface area contributed by atoms with Gasteiger partial charge in [0.2, 0.25) is 0 Å². The number of hydrogen-bond donors (Lipinski definition) is 1. The first-order chi connectivity index (χ1) is 12.0. The van der Waals surface area contributed by atoms with Crippen LogP contribution in [0.3, 0.4) is 0 Å². The summed E-state index contributed by atoms with van der Waals surface area (Å²) < 4.78 is 14.5. The molecule has 0 saturated carbocycles. The minimum atomic E-state index is -0.355. The molecule has 0 aliphatic heterocycles. The van der Waals surface area contributed by atoms with Crippen molar-refractivity contribution in [3.05, 3.63) is 88.2 Å². The van der Waals surface area contributed by atoms with Crippen LogP contribution < -0.4 is 10.9 Å². The number of halogens is 1. The quantitative estimate of drug-likeness (QED) is 0.796. The van der Waals surface area contributed by atoms with Crippen LogP contribution >= 0.6 is 0 Å². The van der Waals surface area contributed by atoms with Gasteiger partial charge in [-0.25, -0.2) is 4.39 Å². The molecule has 3 aromatic rings. The molecule has 0 saturated heterocycles. The number of benzene rings is 1. The van der Waals surface area contributed by atoms with E-state index in [1.54, 1.807) is 43.6 Å². The maximum Gasteiger partial charge on any atom is 0.259 e. The smallest absolute Gasteiger partial charge is 0.259 e. The van der Waals surface area contributed by atoms with E-state index in [1.165, 1.54) is 29.0 Å². The van der Waals surface area contributed by atoms with Gasteiger partial charge in [-0.2, -0.15) is 0 Å². The summed E-state index contributed by atoms with van der Waals surface area (Å²) in [4.78, 5) is 28.9. The number of rotatable bonds is 4. The third kappa shape index (κ3) is 3.80. The molecular formula is C19H16FN3O2. The van der Waals surface area contributed by atoms with Crippen molar-refractivity contribution >= 4 is 5.91 Å². The lowest BCUT2D eigenvalue weighted by atomic mass is 10.1. The van der Waals surface area contributed by atoms with Crippen molar-refractivity contribution in [1.29, 1.82) is 0 Å². The molecule has 1 N–H and O–H groups in total. The zero-order valence-corrected chi connectivity index (χ0v) is 13.6. The van der Waals surface area contributed by atoms with Gasteiger partial charge in [-0.1, -0.05) is 18.2 Å². The van der Waals surface area contributed by atoms with E-state index in [0.29, 0.717) is 22.4 Å². The van der Waals surface area contributed by atoms with E-state index in [2.05, 4.69) is 10.3 Å². The lowest BCUT2D eigenvalue weighted by Gasteiger charge is -2.09. The van der Waals surface area contributed by atoms with Crippen LogP contribution in [0.4, 0.5) is 4.39 Å². The lowest BCUT2D eigenvalue weighted by Crippen LogP contribution is -2.26. The number of nitrogens with zero attached hydrogens (tertiary/aromatic N) is 2. The van der Waals surface area contributed by atoms with Gasteiger partial charge in [-0.05, 0) is 35.9 Å². The molecule has 0 aliphatic carbocycles. The van der Waals surface area contributed by atoms with Gasteiger partial charge in [0, 0.05) is 26.0 Å². The number of hydrogen-bond acceptors (Lipinski definition) is 3. The van der Waals surface area contributed by atoms with Crippen LogP contribution in [0.2, 0.25) is 0 Å². The Labute approximate surface area is 143 Å². The number of carbonyl (C=O) groups is 1.